The second-order valence-corrected chi connectivity index (χ2v) is 3.14. The molecular weight excluding hydrogens is 180 g/mol. The minimum Gasteiger partial charge on any atom is -0.392 e. The van der Waals surface area contributed by atoms with Gasteiger partial charge in [0.05, 0.1) is 12.6 Å². The normalized spacial score (nSPS) is 12.2. The standard InChI is InChI=1S/C10H14N2O2/c1-7(11)10(14)12-9-4-2-3-8(5-9)6-13/h2-5,7,13H,6,11H2,1H3,(H,12,14)/t7-/m0/s1. The van der Waals surface area contributed by atoms with Crippen molar-refractivity contribution in [3.05, 3.63) is 29.8 Å². The molecule has 1 rings (SSSR count). The van der Waals surface area contributed by atoms with Gasteiger partial charge in [-0.15, -0.1) is 0 Å². The summed E-state index contributed by atoms with van der Waals surface area (Å²) in [5, 5.41) is 11.5. The molecule has 0 saturated heterocycles. The number of hydrogen-bond acceptors (Lipinski definition) is 3. The van der Waals surface area contributed by atoms with Crippen LogP contribution in [0.3, 0.4) is 0 Å². The molecule has 0 radical (unpaired) electrons. The number of amides is 1. The van der Waals surface area contributed by atoms with Crippen molar-refractivity contribution in [2.45, 2.75) is 19.6 Å². The van der Waals surface area contributed by atoms with Crippen LogP contribution in [0.4, 0.5) is 5.69 Å². The summed E-state index contributed by atoms with van der Waals surface area (Å²) < 4.78 is 0. The molecule has 1 atom stereocenters. The van der Waals surface area contributed by atoms with Gasteiger partial charge < -0.3 is 16.2 Å². The maximum Gasteiger partial charge on any atom is 0.240 e. The monoisotopic (exact) mass is 194 g/mol. The molecule has 76 valence electrons. The molecule has 14 heavy (non-hydrogen) atoms. The highest BCUT2D eigenvalue weighted by Gasteiger charge is 2.06. The van der Waals surface area contributed by atoms with Crippen LogP contribution in [0.15, 0.2) is 24.3 Å². The Labute approximate surface area is 82.7 Å². The molecule has 0 aliphatic carbocycles. The number of rotatable bonds is 3. The van der Waals surface area contributed by atoms with Gasteiger partial charge in [-0.1, -0.05) is 12.1 Å². The topological polar surface area (TPSA) is 75.4 Å². The Morgan fingerprint density at radius 3 is 2.93 bits per heavy atom. The molecule has 0 saturated carbocycles. The van der Waals surface area contributed by atoms with Gasteiger partial charge in [-0.2, -0.15) is 0 Å². The Hall–Kier alpha value is -1.39. The van der Waals surface area contributed by atoms with E-state index in [1.165, 1.54) is 0 Å². The number of nitrogens with one attached hydrogen (secondary N) is 1. The van der Waals surface area contributed by atoms with Gasteiger partial charge in [0.15, 0.2) is 0 Å². The van der Waals surface area contributed by atoms with Crippen molar-refractivity contribution in [1.82, 2.24) is 0 Å². The van der Waals surface area contributed by atoms with E-state index in [9.17, 15) is 4.79 Å². The minimum atomic E-state index is -0.534. The fraction of sp³-hybridized carbons (Fsp3) is 0.300. The Bertz CT molecular complexity index is 324. The lowest BCUT2D eigenvalue weighted by Crippen LogP contribution is -2.32. The van der Waals surface area contributed by atoms with E-state index < -0.39 is 6.04 Å². The Balaban J connectivity index is 2.72. The average Bonchev–Trinajstić information content (AvgIpc) is 2.18. The first kappa shape index (κ1) is 10.7. The molecule has 0 aliphatic heterocycles. The van der Waals surface area contributed by atoms with Crippen molar-refractivity contribution in [3.8, 4) is 0 Å². The Morgan fingerprint density at radius 1 is 1.64 bits per heavy atom. The van der Waals surface area contributed by atoms with Crippen molar-refractivity contribution in [2.24, 2.45) is 5.73 Å². The van der Waals surface area contributed by atoms with E-state index in [0.29, 0.717) is 5.69 Å². The lowest BCUT2D eigenvalue weighted by atomic mass is 10.2. The molecule has 0 fully saturated rings. The van der Waals surface area contributed by atoms with Crippen molar-refractivity contribution >= 4 is 11.6 Å². The predicted octanol–water partition coefficient (Wildman–Crippen LogP) is 0.465. The zero-order valence-corrected chi connectivity index (χ0v) is 8.03. The van der Waals surface area contributed by atoms with E-state index in [1.54, 1.807) is 31.2 Å². The summed E-state index contributed by atoms with van der Waals surface area (Å²) in [6.45, 7) is 1.58. The van der Waals surface area contributed by atoms with Gasteiger partial charge in [0.1, 0.15) is 0 Å². The molecule has 4 N–H and O–H groups in total. The average molecular weight is 194 g/mol. The summed E-state index contributed by atoms with van der Waals surface area (Å²) in [7, 11) is 0. The van der Waals surface area contributed by atoms with Crippen LogP contribution in [0.1, 0.15) is 12.5 Å². The van der Waals surface area contributed by atoms with Gasteiger partial charge in [0.25, 0.3) is 0 Å². The van der Waals surface area contributed by atoms with Crippen LogP contribution in [-0.2, 0) is 11.4 Å². The number of hydrogen-bond donors (Lipinski definition) is 3. The van der Waals surface area contributed by atoms with Crippen LogP contribution >= 0.6 is 0 Å². The summed E-state index contributed by atoms with van der Waals surface area (Å²) in [5.74, 6) is -0.236. The molecule has 1 aromatic carbocycles. The molecule has 0 bridgehead atoms. The Kier molecular flexibility index (Phi) is 3.62. The first-order valence-electron chi connectivity index (χ1n) is 4.39. The van der Waals surface area contributed by atoms with Gasteiger partial charge >= 0.3 is 0 Å². The van der Waals surface area contributed by atoms with Crippen LogP contribution in [0.25, 0.3) is 0 Å². The van der Waals surface area contributed by atoms with E-state index in [1.807, 2.05) is 0 Å². The number of nitrogens with two attached hydrogens (primary N) is 1. The molecule has 0 heterocycles. The smallest absolute Gasteiger partial charge is 0.240 e. The largest absolute Gasteiger partial charge is 0.392 e. The maximum atomic E-state index is 11.2. The molecule has 4 heteroatoms. The number of aliphatic hydroxyl groups excluding tert-OH is 1. The summed E-state index contributed by atoms with van der Waals surface area (Å²) in [6.07, 6.45) is 0. The summed E-state index contributed by atoms with van der Waals surface area (Å²) in [5.41, 5.74) is 6.80. The molecule has 1 amide bonds. The summed E-state index contributed by atoms with van der Waals surface area (Å²) in [6, 6.07) is 6.47. The van der Waals surface area contributed by atoms with E-state index in [2.05, 4.69) is 5.32 Å². The fourth-order valence-electron chi connectivity index (χ4n) is 1.00. The maximum absolute atomic E-state index is 11.2. The summed E-state index contributed by atoms with van der Waals surface area (Å²) in [4.78, 5) is 11.2. The number of carbonyl (C=O) groups excluding carboxylic acids is 1. The van der Waals surface area contributed by atoms with Crippen LogP contribution in [0.2, 0.25) is 0 Å². The third kappa shape index (κ3) is 2.83. The lowest BCUT2D eigenvalue weighted by molar-refractivity contribution is -0.117. The van der Waals surface area contributed by atoms with Gasteiger partial charge in [0, 0.05) is 5.69 Å². The SMILES string of the molecule is C[C@H](N)C(=O)Nc1cccc(CO)c1. The fourth-order valence-corrected chi connectivity index (χ4v) is 1.00. The lowest BCUT2D eigenvalue weighted by Gasteiger charge is -2.08. The van der Waals surface area contributed by atoms with Gasteiger partial charge in [0.2, 0.25) is 5.91 Å². The first-order valence-corrected chi connectivity index (χ1v) is 4.39. The first-order chi connectivity index (χ1) is 6.63. The molecule has 0 unspecified atom stereocenters. The van der Waals surface area contributed by atoms with Crippen LogP contribution in [0.5, 0.6) is 0 Å². The molecular formula is C10H14N2O2. The molecule has 0 aromatic heterocycles. The summed E-state index contributed by atoms with van der Waals surface area (Å²) >= 11 is 0. The number of anilines is 1. The highest BCUT2D eigenvalue weighted by molar-refractivity contribution is 5.94. The number of carbonyl (C=O) groups is 1. The number of benzene rings is 1. The molecule has 4 nitrogen and oxygen atoms in total. The van der Waals surface area contributed by atoms with Crippen molar-refractivity contribution in [1.29, 1.82) is 0 Å². The van der Waals surface area contributed by atoms with E-state index in [0.717, 1.165) is 5.56 Å². The van der Waals surface area contributed by atoms with Gasteiger partial charge in [-0.3, -0.25) is 4.79 Å². The van der Waals surface area contributed by atoms with E-state index in [4.69, 9.17) is 10.8 Å². The van der Waals surface area contributed by atoms with Crippen molar-refractivity contribution < 1.29 is 9.90 Å². The third-order valence-corrected chi connectivity index (χ3v) is 1.79. The Morgan fingerprint density at radius 2 is 2.36 bits per heavy atom. The highest BCUT2D eigenvalue weighted by Crippen LogP contribution is 2.10. The zero-order chi connectivity index (χ0) is 10.6. The highest BCUT2D eigenvalue weighted by atomic mass is 16.3. The van der Waals surface area contributed by atoms with E-state index in [-0.39, 0.29) is 12.5 Å². The van der Waals surface area contributed by atoms with Gasteiger partial charge in [-0.25, -0.2) is 0 Å². The van der Waals surface area contributed by atoms with Crippen molar-refractivity contribution in [3.63, 3.8) is 0 Å². The second kappa shape index (κ2) is 4.74. The van der Waals surface area contributed by atoms with E-state index >= 15 is 0 Å². The van der Waals surface area contributed by atoms with Crippen molar-refractivity contribution in [2.75, 3.05) is 5.32 Å². The quantitative estimate of drug-likeness (QED) is 0.654. The minimum absolute atomic E-state index is 0.0398. The predicted molar refractivity (Wildman–Crippen MR) is 54.6 cm³/mol. The third-order valence-electron chi connectivity index (χ3n) is 1.79. The number of aliphatic hydroxyl groups is 1. The zero-order valence-electron chi connectivity index (χ0n) is 8.03. The molecule has 0 spiro atoms. The molecule has 0 aliphatic rings. The van der Waals surface area contributed by atoms with Gasteiger partial charge in [-0.05, 0) is 24.6 Å². The van der Waals surface area contributed by atoms with Crippen LogP contribution in [0, 0.1) is 0 Å². The van der Waals surface area contributed by atoms with Crippen LogP contribution < -0.4 is 11.1 Å². The second-order valence-electron chi connectivity index (χ2n) is 3.14. The van der Waals surface area contributed by atoms with Crippen LogP contribution in [-0.4, -0.2) is 17.1 Å². The molecule has 1 aromatic rings.